The van der Waals surface area contributed by atoms with Crippen molar-refractivity contribution in [2.45, 2.75) is 277 Å². The minimum atomic E-state index is -0.832. The third-order valence-electron chi connectivity index (χ3n) is 13.5. The molecule has 0 aliphatic heterocycles. The van der Waals surface area contributed by atoms with Gasteiger partial charge in [-0.2, -0.15) is 0 Å². The van der Waals surface area contributed by atoms with Gasteiger partial charge in [0.1, 0.15) is 13.2 Å². The number of ether oxygens (including phenoxy) is 3. The molecule has 6 nitrogen and oxygen atoms in total. The average Bonchev–Trinajstić information content (AvgIpc) is 3.47. The van der Waals surface area contributed by atoms with Crippen molar-refractivity contribution in [3.05, 3.63) is 170 Å². The number of hydrogen-bond donors (Lipinski definition) is 0. The Morgan fingerprint density at radius 1 is 0.256 bits per heavy atom. The molecular weight excluding hydrogens is 1010 g/mol. The molecule has 0 saturated heterocycles. The van der Waals surface area contributed by atoms with Gasteiger partial charge in [-0.15, -0.1) is 0 Å². The maximum Gasteiger partial charge on any atom is 0.306 e. The first-order valence-corrected chi connectivity index (χ1v) is 33.1. The number of hydrogen-bond acceptors (Lipinski definition) is 6. The highest BCUT2D eigenvalue weighted by Crippen LogP contribution is 2.16. The van der Waals surface area contributed by atoms with Crippen LogP contribution in [0.1, 0.15) is 271 Å². The summed E-state index contributed by atoms with van der Waals surface area (Å²) in [5, 5.41) is 0. The number of carbonyl (C=O) groups excluding carboxylic acids is 3. The van der Waals surface area contributed by atoms with Crippen LogP contribution in [0.5, 0.6) is 0 Å². The van der Waals surface area contributed by atoms with Crippen molar-refractivity contribution in [2.24, 2.45) is 0 Å². The highest BCUT2D eigenvalue weighted by molar-refractivity contribution is 5.71. The van der Waals surface area contributed by atoms with Crippen LogP contribution in [-0.2, 0) is 28.6 Å². The van der Waals surface area contributed by atoms with Crippen molar-refractivity contribution in [3.8, 4) is 0 Å². The Morgan fingerprint density at radius 3 is 0.817 bits per heavy atom. The molecule has 0 N–H and O–H groups in total. The van der Waals surface area contributed by atoms with E-state index in [1.807, 2.05) is 12.2 Å². The summed E-state index contributed by atoms with van der Waals surface area (Å²) in [7, 11) is 0. The maximum absolute atomic E-state index is 12.9. The zero-order valence-corrected chi connectivity index (χ0v) is 52.7. The summed E-state index contributed by atoms with van der Waals surface area (Å²) in [6, 6.07) is 0. The molecule has 0 fully saturated rings. The molecular formula is C76H120O6. The fourth-order valence-electron chi connectivity index (χ4n) is 8.60. The summed E-state index contributed by atoms with van der Waals surface area (Å²) in [6.07, 6.45) is 101. The summed E-state index contributed by atoms with van der Waals surface area (Å²) in [5.41, 5.74) is 0. The van der Waals surface area contributed by atoms with Crippen molar-refractivity contribution in [3.63, 3.8) is 0 Å². The molecule has 0 amide bonds. The quantitative estimate of drug-likeness (QED) is 0.0261. The molecule has 0 radical (unpaired) electrons. The topological polar surface area (TPSA) is 78.9 Å². The molecule has 0 rings (SSSR count). The van der Waals surface area contributed by atoms with Crippen LogP contribution in [0.2, 0.25) is 0 Å². The van der Waals surface area contributed by atoms with Crippen LogP contribution in [0.15, 0.2) is 170 Å². The van der Waals surface area contributed by atoms with Gasteiger partial charge < -0.3 is 14.2 Å². The third-order valence-corrected chi connectivity index (χ3v) is 13.5. The maximum atomic E-state index is 12.9. The van der Waals surface area contributed by atoms with Crippen LogP contribution >= 0.6 is 0 Å². The van der Waals surface area contributed by atoms with Crippen molar-refractivity contribution >= 4 is 17.9 Å². The summed E-state index contributed by atoms with van der Waals surface area (Å²) in [4.78, 5) is 38.2. The fourth-order valence-corrected chi connectivity index (χ4v) is 8.60. The smallest absolute Gasteiger partial charge is 0.306 e. The number of rotatable bonds is 58. The highest BCUT2D eigenvalue weighted by atomic mass is 16.6. The second kappa shape index (κ2) is 68.3. The lowest BCUT2D eigenvalue weighted by molar-refractivity contribution is -0.166. The van der Waals surface area contributed by atoms with Gasteiger partial charge in [-0.3, -0.25) is 14.4 Å². The van der Waals surface area contributed by atoms with Crippen LogP contribution < -0.4 is 0 Å². The lowest BCUT2D eigenvalue weighted by Gasteiger charge is -2.18. The van der Waals surface area contributed by atoms with E-state index >= 15 is 0 Å². The molecule has 82 heavy (non-hydrogen) atoms. The van der Waals surface area contributed by atoms with Crippen LogP contribution in [-0.4, -0.2) is 37.2 Å². The Labute approximate surface area is 504 Å². The van der Waals surface area contributed by atoms with Crippen LogP contribution in [0, 0.1) is 0 Å². The predicted molar refractivity (Wildman–Crippen MR) is 357 cm³/mol. The Kier molecular flexibility index (Phi) is 63.9. The monoisotopic (exact) mass is 1130 g/mol. The minimum absolute atomic E-state index is 0.128. The van der Waals surface area contributed by atoms with Gasteiger partial charge in [0.05, 0.1) is 0 Å². The lowest BCUT2D eigenvalue weighted by Crippen LogP contribution is -2.30. The first kappa shape index (κ1) is 76.8. The van der Waals surface area contributed by atoms with Gasteiger partial charge in [0.2, 0.25) is 0 Å². The van der Waals surface area contributed by atoms with Gasteiger partial charge in [0, 0.05) is 19.3 Å². The first-order chi connectivity index (χ1) is 40.5. The van der Waals surface area contributed by atoms with Gasteiger partial charge in [0.15, 0.2) is 6.10 Å². The summed E-state index contributed by atoms with van der Waals surface area (Å²) < 4.78 is 16.8. The molecule has 0 aromatic rings. The normalized spacial score (nSPS) is 13.3. The number of unbranched alkanes of at least 4 members (excludes halogenated alkanes) is 19. The Bertz CT molecular complexity index is 1870. The summed E-state index contributed by atoms with van der Waals surface area (Å²) in [5.74, 6) is -1.05. The van der Waals surface area contributed by atoms with E-state index in [0.29, 0.717) is 19.3 Å². The molecule has 6 heteroatoms. The van der Waals surface area contributed by atoms with E-state index in [-0.39, 0.29) is 44.0 Å². The van der Waals surface area contributed by atoms with E-state index in [4.69, 9.17) is 14.2 Å². The molecule has 1 atom stereocenters. The van der Waals surface area contributed by atoms with Gasteiger partial charge >= 0.3 is 17.9 Å². The van der Waals surface area contributed by atoms with E-state index in [0.717, 1.165) is 122 Å². The Hall–Kier alpha value is -5.23. The van der Waals surface area contributed by atoms with Crippen molar-refractivity contribution < 1.29 is 28.6 Å². The van der Waals surface area contributed by atoms with Gasteiger partial charge in [-0.25, -0.2) is 0 Å². The molecule has 1 unspecified atom stereocenters. The number of carbonyl (C=O) groups is 3. The largest absolute Gasteiger partial charge is 0.462 e. The summed E-state index contributed by atoms with van der Waals surface area (Å²) in [6.45, 7) is 6.31. The molecule has 0 saturated carbocycles. The fraction of sp³-hybridized carbons (Fsp3) is 0.592. The van der Waals surface area contributed by atoms with E-state index in [1.165, 1.54) is 96.3 Å². The molecule has 0 aromatic carbocycles. The van der Waals surface area contributed by atoms with Gasteiger partial charge in [-0.1, -0.05) is 300 Å². The van der Waals surface area contributed by atoms with Crippen molar-refractivity contribution in [1.29, 1.82) is 0 Å². The molecule has 0 heterocycles. The third kappa shape index (κ3) is 65.6. The van der Waals surface area contributed by atoms with Gasteiger partial charge in [-0.05, 0) is 122 Å². The first-order valence-electron chi connectivity index (χ1n) is 33.1. The summed E-state index contributed by atoms with van der Waals surface area (Å²) >= 11 is 0. The molecule has 0 bridgehead atoms. The van der Waals surface area contributed by atoms with E-state index in [2.05, 4.69) is 179 Å². The average molecular weight is 1130 g/mol. The standard InChI is InChI=1S/C76H120O6/c1-4-7-10-13-16-19-22-25-27-29-31-32-33-34-35-36-37-38-39-40-41-42-43-44-45-47-48-51-54-57-60-63-66-69-75(78)81-72-73(71-80-74(77)68-65-62-59-56-53-50-24-21-18-15-12-9-6-3)82-76(79)70-67-64-61-58-55-52-49-46-30-28-26-23-20-17-14-11-8-5-2/h7,9-10,12,16,18-19,21,25,27,31-32,34-35,37-38,40-41,43-44,47-48,50,53-54,57,59,62,73H,4-6,8,11,13-15,17,20,22-24,26,28-30,33,36,39,42,45-46,49,51-52,55-56,58,60-61,63-72H2,1-3H3/b10-7-,12-9-,19-16-,21-18-,27-25-,32-31-,35-34-,38-37-,41-40-,44-43-,48-47-,53-50-,57-54-,62-59-. The predicted octanol–water partition coefficient (Wildman–Crippen LogP) is 23.0. The molecule has 0 aliphatic rings. The minimum Gasteiger partial charge on any atom is -0.462 e. The van der Waals surface area contributed by atoms with Crippen LogP contribution in [0.4, 0.5) is 0 Å². The second-order valence-corrected chi connectivity index (χ2v) is 21.3. The van der Waals surface area contributed by atoms with E-state index in [1.54, 1.807) is 0 Å². The Morgan fingerprint density at radius 2 is 0.500 bits per heavy atom. The zero-order chi connectivity index (χ0) is 59.2. The number of esters is 3. The van der Waals surface area contributed by atoms with Gasteiger partial charge in [0.25, 0.3) is 0 Å². The van der Waals surface area contributed by atoms with Crippen molar-refractivity contribution in [2.75, 3.05) is 13.2 Å². The second-order valence-electron chi connectivity index (χ2n) is 21.3. The highest BCUT2D eigenvalue weighted by Gasteiger charge is 2.19. The molecule has 0 spiro atoms. The van der Waals surface area contributed by atoms with Crippen molar-refractivity contribution in [1.82, 2.24) is 0 Å². The molecule has 460 valence electrons. The van der Waals surface area contributed by atoms with E-state index < -0.39 is 6.10 Å². The molecule has 0 aliphatic carbocycles. The van der Waals surface area contributed by atoms with Crippen LogP contribution in [0.3, 0.4) is 0 Å². The lowest BCUT2D eigenvalue weighted by atomic mass is 10.0. The number of allylic oxidation sites excluding steroid dienone is 28. The van der Waals surface area contributed by atoms with E-state index in [9.17, 15) is 14.4 Å². The SMILES string of the molecule is CC/C=C\C/C=C\C/C=C\C/C=C\C/C=C\C/C=C\C/C=C\C/C=C\C/C=C\C/C=C\CCCCC(=O)OCC(COC(=O)CC/C=C\C/C=C\C/C=C\C/C=C\CC)OC(=O)CCCCCCCCCCCCCCCCCCCC. The Balaban J connectivity index is 4.43. The molecule has 0 aromatic heterocycles. The zero-order valence-electron chi connectivity index (χ0n) is 52.7. The van der Waals surface area contributed by atoms with Crippen LogP contribution in [0.25, 0.3) is 0 Å².